The van der Waals surface area contributed by atoms with Crippen LogP contribution in [0.15, 0.2) is 48.5 Å². The third kappa shape index (κ3) is 2.90. The number of carbonyl (C=O) groups excluding carboxylic acids is 1. The zero-order chi connectivity index (χ0) is 13.8. The van der Waals surface area contributed by atoms with Crippen LogP contribution in [0.25, 0.3) is 11.1 Å². The number of nitrogens with two attached hydrogens (primary N) is 1. The standard InChI is InChI=1S/C14H12N2O3/c15-14(19)16-12-7-2-1-6-11(12)9-4-3-5-10(8-9)13(17)18/h1-8H,(H,17,18)(H3,15,16,19). The van der Waals surface area contributed by atoms with E-state index in [-0.39, 0.29) is 5.56 Å². The molecule has 0 spiro atoms. The van der Waals surface area contributed by atoms with Crippen molar-refractivity contribution in [3.63, 3.8) is 0 Å². The number of carboxylic acid groups (broad SMARTS) is 1. The number of anilines is 1. The topological polar surface area (TPSA) is 92.4 Å². The lowest BCUT2D eigenvalue weighted by Gasteiger charge is -2.10. The summed E-state index contributed by atoms with van der Waals surface area (Å²) in [5.74, 6) is -0.998. The van der Waals surface area contributed by atoms with E-state index in [9.17, 15) is 9.59 Å². The van der Waals surface area contributed by atoms with E-state index in [0.29, 0.717) is 16.8 Å². The first kappa shape index (κ1) is 12.6. The molecule has 0 aliphatic carbocycles. The van der Waals surface area contributed by atoms with Gasteiger partial charge in [0.1, 0.15) is 0 Å². The highest BCUT2D eigenvalue weighted by Crippen LogP contribution is 2.28. The van der Waals surface area contributed by atoms with Gasteiger partial charge in [0.05, 0.1) is 11.3 Å². The predicted molar refractivity (Wildman–Crippen MR) is 72.0 cm³/mol. The minimum Gasteiger partial charge on any atom is -0.478 e. The second-order valence-electron chi connectivity index (χ2n) is 3.92. The maximum absolute atomic E-state index is 11.0. The van der Waals surface area contributed by atoms with Gasteiger partial charge < -0.3 is 16.2 Å². The summed E-state index contributed by atoms with van der Waals surface area (Å²) < 4.78 is 0. The van der Waals surface area contributed by atoms with Crippen LogP contribution in [0.1, 0.15) is 10.4 Å². The lowest BCUT2D eigenvalue weighted by Crippen LogP contribution is -2.19. The average Bonchev–Trinajstić information content (AvgIpc) is 2.39. The molecule has 0 heterocycles. The summed E-state index contributed by atoms with van der Waals surface area (Å²) in [7, 11) is 0. The van der Waals surface area contributed by atoms with Gasteiger partial charge in [-0.3, -0.25) is 0 Å². The number of urea groups is 1. The Morgan fingerprint density at radius 3 is 2.47 bits per heavy atom. The van der Waals surface area contributed by atoms with Gasteiger partial charge in [0.25, 0.3) is 0 Å². The van der Waals surface area contributed by atoms with Gasteiger partial charge in [0.15, 0.2) is 0 Å². The molecule has 0 aliphatic heterocycles. The van der Waals surface area contributed by atoms with Crippen molar-refractivity contribution >= 4 is 17.7 Å². The Hall–Kier alpha value is -2.82. The smallest absolute Gasteiger partial charge is 0.335 e. The Balaban J connectivity index is 2.49. The van der Waals surface area contributed by atoms with Crippen LogP contribution >= 0.6 is 0 Å². The molecule has 2 aromatic rings. The number of para-hydroxylation sites is 1. The largest absolute Gasteiger partial charge is 0.478 e. The summed E-state index contributed by atoms with van der Waals surface area (Å²) in [6.45, 7) is 0. The van der Waals surface area contributed by atoms with E-state index < -0.39 is 12.0 Å². The van der Waals surface area contributed by atoms with E-state index in [1.807, 2.05) is 0 Å². The number of hydrogen-bond donors (Lipinski definition) is 3. The quantitative estimate of drug-likeness (QED) is 0.787. The SMILES string of the molecule is NC(=O)Nc1ccccc1-c1cccc(C(=O)O)c1. The summed E-state index contributed by atoms with van der Waals surface area (Å²) in [5.41, 5.74) is 7.24. The van der Waals surface area contributed by atoms with Crippen molar-refractivity contribution in [2.45, 2.75) is 0 Å². The van der Waals surface area contributed by atoms with Gasteiger partial charge in [-0.25, -0.2) is 9.59 Å². The van der Waals surface area contributed by atoms with Crippen molar-refractivity contribution in [2.75, 3.05) is 5.32 Å². The third-order valence-electron chi connectivity index (χ3n) is 2.61. The van der Waals surface area contributed by atoms with E-state index in [2.05, 4.69) is 5.32 Å². The van der Waals surface area contributed by atoms with Gasteiger partial charge in [0.2, 0.25) is 0 Å². The van der Waals surface area contributed by atoms with Crippen molar-refractivity contribution in [1.29, 1.82) is 0 Å². The number of hydrogen-bond acceptors (Lipinski definition) is 2. The third-order valence-corrected chi connectivity index (χ3v) is 2.61. The molecular formula is C14H12N2O3. The molecule has 0 aromatic heterocycles. The molecule has 5 heteroatoms. The highest BCUT2D eigenvalue weighted by Gasteiger charge is 2.08. The van der Waals surface area contributed by atoms with E-state index in [1.54, 1.807) is 42.5 Å². The number of amides is 2. The Morgan fingerprint density at radius 1 is 1.05 bits per heavy atom. The summed E-state index contributed by atoms with van der Waals surface area (Å²) in [6.07, 6.45) is 0. The van der Waals surface area contributed by atoms with Crippen molar-refractivity contribution in [3.05, 3.63) is 54.1 Å². The number of aromatic carboxylic acids is 1. The zero-order valence-electron chi connectivity index (χ0n) is 9.96. The highest BCUT2D eigenvalue weighted by atomic mass is 16.4. The summed E-state index contributed by atoms with van der Waals surface area (Å²) in [4.78, 5) is 21.9. The molecule has 2 amide bonds. The summed E-state index contributed by atoms with van der Waals surface area (Å²) in [6, 6.07) is 12.9. The van der Waals surface area contributed by atoms with E-state index in [1.165, 1.54) is 6.07 Å². The number of nitrogens with one attached hydrogen (secondary N) is 1. The van der Waals surface area contributed by atoms with Crippen LogP contribution in [-0.4, -0.2) is 17.1 Å². The van der Waals surface area contributed by atoms with Crippen LogP contribution < -0.4 is 11.1 Å². The second kappa shape index (κ2) is 5.22. The van der Waals surface area contributed by atoms with Crippen LogP contribution in [0.4, 0.5) is 10.5 Å². The fourth-order valence-electron chi connectivity index (χ4n) is 1.80. The Kier molecular flexibility index (Phi) is 3.47. The van der Waals surface area contributed by atoms with E-state index in [0.717, 1.165) is 0 Å². The maximum atomic E-state index is 11.0. The van der Waals surface area contributed by atoms with Gasteiger partial charge in [-0.2, -0.15) is 0 Å². The molecule has 0 saturated heterocycles. The number of carbonyl (C=O) groups is 2. The molecule has 19 heavy (non-hydrogen) atoms. The molecule has 0 fully saturated rings. The summed E-state index contributed by atoms with van der Waals surface area (Å²) in [5, 5.41) is 11.5. The lowest BCUT2D eigenvalue weighted by molar-refractivity contribution is 0.0697. The molecular weight excluding hydrogens is 244 g/mol. The number of primary amides is 1. The van der Waals surface area contributed by atoms with Crippen LogP contribution in [0.3, 0.4) is 0 Å². The zero-order valence-corrected chi connectivity index (χ0v) is 9.96. The van der Waals surface area contributed by atoms with Crippen molar-refractivity contribution in [2.24, 2.45) is 5.73 Å². The molecule has 0 radical (unpaired) electrons. The Morgan fingerprint density at radius 2 is 1.79 bits per heavy atom. The lowest BCUT2D eigenvalue weighted by atomic mass is 10.0. The predicted octanol–water partition coefficient (Wildman–Crippen LogP) is 2.54. The van der Waals surface area contributed by atoms with Gasteiger partial charge in [-0.05, 0) is 23.8 Å². The Bertz CT molecular complexity index is 638. The van der Waals surface area contributed by atoms with E-state index >= 15 is 0 Å². The minimum absolute atomic E-state index is 0.186. The normalized spacial score (nSPS) is 9.89. The minimum atomic E-state index is -0.998. The van der Waals surface area contributed by atoms with Crippen LogP contribution in [0.5, 0.6) is 0 Å². The molecule has 96 valence electrons. The number of rotatable bonds is 3. The molecule has 0 aliphatic rings. The molecule has 2 aromatic carbocycles. The first-order valence-corrected chi connectivity index (χ1v) is 5.57. The van der Waals surface area contributed by atoms with Gasteiger partial charge >= 0.3 is 12.0 Å². The molecule has 4 N–H and O–H groups in total. The first-order valence-electron chi connectivity index (χ1n) is 5.57. The molecule has 0 unspecified atom stereocenters. The van der Waals surface area contributed by atoms with Gasteiger partial charge in [0, 0.05) is 5.56 Å². The monoisotopic (exact) mass is 256 g/mol. The Labute approximate surface area is 109 Å². The number of carboxylic acids is 1. The maximum Gasteiger partial charge on any atom is 0.335 e. The molecule has 0 bridgehead atoms. The van der Waals surface area contributed by atoms with Crippen molar-refractivity contribution in [3.8, 4) is 11.1 Å². The molecule has 2 rings (SSSR count). The van der Waals surface area contributed by atoms with E-state index in [4.69, 9.17) is 10.8 Å². The fraction of sp³-hybridized carbons (Fsp3) is 0. The van der Waals surface area contributed by atoms with Crippen LogP contribution in [-0.2, 0) is 0 Å². The second-order valence-corrected chi connectivity index (χ2v) is 3.92. The molecule has 0 saturated carbocycles. The highest BCUT2D eigenvalue weighted by molar-refractivity contribution is 5.95. The van der Waals surface area contributed by atoms with Gasteiger partial charge in [-0.15, -0.1) is 0 Å². The van der Waals surface area contributed by atoms with Crippen LogP contribution in [0, 0.1) is 0 Å². The fourth-order valence-corrected chi connectivity index (χ4v) is 1.80. The first-order chi connectivity index (χ1) is 9.08. The van der Waals surface area contributed by atoms with Crippen molar-refractivity contribution in [1.82, 2.24) is 0 Å². The number of benzene rings is 2. The average molecular weight is 256 g/mol. The molecule has 5 nitrogen and oxygen atoms in total. The molecule has 0 atom stereocenters. The van der Waals surface area contributed by atoms with Crippen LogP contribution in [0.2, 0.25) is 0 Å². The van der Waals surface area contributed by atoms with Crippen molar-refractivity contribution < 1.29 is 14.7 Å². The summed E-state index contributed by atoms with van der Waals surface area (Å²) >= 11 is 0. The van der Waals surface area contributed by atoms with Gasteiger partial charge in [-0.1, -0.05) is 30.3 Å².